The molecule has 0 amide bonds. The number of carbonyl (C=O) groups is 2. The highest BCUT2D eigenvalue weighted by molar-refractivity contribution is 7.80. The first-order valence-electron chi connectivity index (χ1n) is 7.01. The number of hydrogen-bond donors (Lipinski definition) is 1. The molecule has 4 saturated carbocycles. The second-order valence-corrected chi connectivity index (χ2v) is 7.11. The van der Waals surface area contributed by atoms with E-state index in [1.807, 2.05) is 0 Å². The van der Waals surface area contributed by atoms with Gasteiger partial charge in [-0.25, -0.2) is 0 Å². The van der Waals surface area contributed by atoms with Gasteiger partial charge >= 0.3 is 5.97 Å². The highest BCUT2D eigenvalue weighted by Gasteiger charge is 2.60. The Morgan fingerprint density at radius 1 is 1.21 bits per heavy atom. The number of esters is 1. The fourth-order valence-corrected chi connectivity index (χ4v) is 5.10. The lowest BCUT2D eigenvalue weighted by molar-refractivity contribution is -0.331. The van der Waals surface area contributed by atoms with Crippen molar-refractivity contribution in [3.05, 3.63) is 0 Å². The van der Waals surface area contributed by atoms with E-state index in [1.165, 1.54) is 0 Å². The molecular formula is C14H19O4S-. The Balaban J connectivity index is 1.83. The lowest BCUT2D eigenvalue weighted by atomic mass is 9.48. The molecule has 4 aliphatic carbocycles. The van der Waals surface area contributed by atoms with Crippen LogP contribution in [0.15, 0.2) is 0 Å². The van der Waals surface area contributed by atoms with Gasteiger partial charge in [0.2, 0.25) is 0 Å². The lowest BCUT2D eigenvalue weighted by Gasteiger charge is -2.61. The van der Waals surface area contributed by atoms with E-state index in [4.69, 9.17) is 4.74 Å². The molecule has 2 unspecified atom stereocenters. The average molecular weight is 283 g/mol. The third-order valence-corrected chi connectivity index (χ3v) is 5.31. The van der Waals surface area contributed by atoms with E-state index in [9.17, 15) is 14.7 Å². The largest absolute Gasteiger partial charge is 0.550 e. The van der Waals surface area contributed by atoms with Gasteiger partial charge in [0.05, 0.1) is 6.42 Å². The van der Waals surface area contributed by atoms with Gasteiger partial charge in [0, 0.05) is 17.1 Å². The molecule has 4 fully saturated rings. The van der Waals surface area contributed by atoms with Crippen LogP contribution in [0.25, 0.3) is 0 Å². The highest BCUT2D eigenvalue weighted by Crippen LogP contribution is 2.62. The molecule has 4 rings (SSSR count). The normalized spacial score (nSPS) is 43.2. The van der Waals surface area contributed by atoms with Crippen molar-refractivity contribution in [2.45, 2.75) is 50.5 Å². The minimum absolute atomic E-state index is 0.245. The molecule has 4 aliphatic rings. The van der Waals surface area contributed by atoms with Crippen molar-refractivity contribution in [3.8, 4) is 0 Å². The van der Waals surface area contributed by atoms with E-state index in [0.29, 0.717) is 43.3 Å². The van der Waals surface area contributed by atoms with Crippen molar-refractivity contribution >= 4 is 24.6 Å². The summed E-state index contributed by atoms with van der Waals surface area (Å²) in [4.78, 5) is 23.3. The maximum atomic E-state index is 11.8. The molecule has 4 bridgehead atoms. The zero-order valence-corrected chi connectivity index (χ0v) is 11.8. The Hall–Kier alpha value is -0.710. The molecule has 0 radical (unpaired) electrons. The Labute approximate surface area is 118 Å². The van der Waals surface area contributed by atoms with E-state index < -0.39 is 17.0 Å². The van der Waals surface area contributed by atoms with Gasteiger partial charge in [-0.2, -0.15) is 12.6 Å². The van der Waals surface area contributed by atoms with Gasteiger partial charge < -0.3 is 14.6 Å². The van der Waals surface area contributed by atoms with Crippen LogP contribution < -0.4 is 5.11 Å². The molecule has 2 atom stereocenters. The number of rotatable bonds is 4. The van der Waals surface area contributed by atoms with Gasteiger partial charge in [0.25, 0.3) is 0 Å². The molecule has 4 nitrogen and oxygen atoms in total. The van der Waals surface area contributed by atoms with Gasteiger partial charge in [0.1, 0.15) is 5.60 Å². The minimum Gasteiger partial charge on any atom is -0.550 e. The second kappa shape index (κ2) is 4.40. The second-order valence-electron chi connectivity index (χ2n) is 6.66. The monoisotopic (exact) mass is 283 g/mol. The first kappa shape index (κ1) is 13.3. The third-order valence-electron chi connectivity index (χ3n) is 5.09. The molecule has 0 spiro atoms. The number of thiol groups is 1. The highest BCUT2D eigenvalue weighted by atomic mass is 32.1. The quantitative estimate of drug-likeness (QED) is 0.616. The molecule has 0 N–H and O–H groups in total. The van der Waals surface area contributed by atoms with Crippen LogP contribution in [0.4, 0.5) is 0 Å². The van der Waals surface area contributed by atoms with E-state index in [0.717, 1.165) is 19.3 Å². The summed E-state index contributed by atoms with van der Waals surface area (Å²) in [6, 6.07) is 0. The van der Waals surface area contributed by atoms with Gasteiger partial charge in [-0.1, -0.05) is 0 Å². The first-order chi connectivity index (χ1) is 8.97. The molecule has 0 aromatic heterocycles. The number of ether oxygens (including phenoxy) is 1. The van der Waals surface area contributed by atoms with Crippen LogP contribution in [0, 0.1) is 17.3 Å². The Morgan fingerprint density at radius 2 is 1.84 bits per heavy atom. The molecule has 0 aromatic rings. The van der Waals surface area contributed by atoms with E-state index in [-0.39, 0.29) is 5.97 Å². The van der Waals surface area contributed by atoms with Gasteiger partial charge in [-0.05, 0) is 50.4 Å². The van der Waals surface area contributed by atoms with Crippen molar-refractivity contribution in [1.82, 2.24) is 0 Å². The number of aliphatic carboxylic acids is 1. The van der Waals surface area contributed by atoms with Gasteiger partial charge in [-0.3, -0.25) is 4.79 Å². The molecular weight excluding hydrogens is 264 g/mol. The maximum absolute atomic E-state index is 11.8. The Kier molecular flexibility index (Phi) is 3.08. The van der Waals surface area contributed by atoms with Crippen molar-refractivity contribution in [2.24, 2.45) is 17.3 Å². The number of carboxylic acid groups (broad SMARTS) is 1. The smallest absolute Gasteiger partial charge is 0.307 e. The fraction of sp³-hybridized carbons (Fsp3) is 0.857. The zero-order valence-electron chi connectivity index (χ0n) is 10.9. The number of carbonyl (C=O) groups excluding carboxylic acids is 2. The Morgan fingerprint density at radius 3 is 2.37 bits per heavy atom. The first-order valence-corrected chi connectivity index (χ1v) is 7.64. The summed E-state index contributed by atoms with van der Waals surface area (Å²) in [5.74, 6) is 0.0282. The third kappa shape index (κ3) is 2.16. The van der Waals surface area contributed by atoms with Gasteiger partial charge in [0.15, 0.2) is 0 Å². The SMILES string of the molecule is O=C(CCS)OC12CC3CC(C1)CC(C(=O)[O-])(C3)C2. The van der Waals surface area contributed by atoms with E-state index >= 15 is 0 Å². The molecule has 106 valence electrons. The van der Waals surface area contributed by atoms with E-state index in [2.05, 4.69) is 12.6 Å². The van der Waals surface area contributed by atoms with Crippen LogP contribution in [0.3, 0.4) is 0 Å². The van der Waals surface area contributed by atoms with Crippen molar-refractivity contribution in [2.75, 3.05) is 5.75 Å². The van der Waals surface area contributed by atoms with Crippen LogP contribution in [0.5, 0.6) is 0 Å². The predicted molar refractivity (Wildman–Crippen MR) is 69.4 cm³/mol. The Bertz CT molecular complexity index is 406. The number of carboxylic acids is 1. The summed E-state index contributed by atoms with van der Waals surface area (Å²) >= 11 is 4.04. The van der Waals surface area contributed by atoms with Crippen LogP contribution in [0.2, 0.25) is 0 Å². The minimum atomic E-state index is -0.948. The topological polar surface area (TPSA) is 66.4 Å². The fourth-order valence-electron chi connectivity index (χ4n) is 4.92. The standard InChI is InChI=1S/C14H20O4S/c15-11(1-2-19)18-14-6-9-3-10(7-14)5-13(4-9,8-14)12(16)17/h9-10,19H,1-8H2,(H,16,17)/p-1. The predicted octanol–water partition coefficient (Wildman–Crippen LogP) is 0.938. The molecule has 0 aliphatic heterocycles. The average Bonchev–Trinajstić information content (AvgIpc) is 2.25. The van der Waals surface area contributed by atoms with Crippen LogP contribution in [0.1, 0.15) is 44.9 Å². The summed E-state index contributed by atoms with van der Waals surface area (Å²) in [6.07, 6.45) is 4.90. The summed E-state index contributed by atoms with van der Waals surface area (Å²) in [5.41, 5.74) is -1.28. The van der Waals surface area contributed by atoms with Crippen molar-refractivity contribution in [3.63, 3.8) is 0 Å². The van der Waals surface area contributed by atoms with Crippen molar-refractivity contribution in [1.29, 1.82) is 0 Å². The van der Waals surface area contributed by atoms with Gasteiger partial charge in [-0.15, -0.1) is 0 Å². The summed E-state index contributed by atoms with van der Waals surface area (Å²) < 4.78 is 5.69. The molecule has 0 heterocycles. The van der Waals surface area contributed by atoms with Crippen molar-refractivity contribution < 1.29 is 19.4 Å². The van der Waals surface area contributed by atoms with Crippen LogP contribution >= 0.6 is 12.6 Å². The lowest BCUT2D eigenvalue weighted by Crippen LogP contribution is -2.62. The molecule has 0 saturated heterocycles. The van der Waals surface area contributed by atoms with Crippen LogP contribution in [-0.4, -0.2) is 23.3 Å². The van der Waals surface area contributed by atoms with Crippen LogP contribution in [-0.2, 0) is 14.3 Å². The molecule has 19 heavy (non-hydrogen) atoms. The molecule has 5 heteroatoms. The number of hydrogen-bond acceptors (Lipinski definition) is 5. The zero-order chi connectivity index (χ0) is 13.7. The summed E-state index contributed by atoms with van der Waals surface area (Å²) in [7, 11) is 0. The maximum Gasteiger partial charge on any atom is 0.307 e. The molecule has 0 aromatic carbocycles. The van der Waals surface area contributed by atoms with E-state index in [1.54, 1.807) is 0 Å². The summed E-state index contributed by atoms with van der Waals surface area (Å²) in [5, 5.41) is 11.5. The summed E-state index contributed by atoms with van der Waals surface area (Å²) in [6.45, 7) is 0.